The number of carbonyl (C=O) groups is 1. The Morgan fingerprint density at radius 3 is 2.33 bits per heavy atom. The van der Waals surface area contributed by atoms with E-state index in [1.54, 1.807) is 6.08 Å². The summed E-state index contributed by atoms with van der Waals surface area (Å²) >= 11 is 0. The molecule has 0 atom stereocenters. The van der Waals surface area contributed by atoms with Gasteiger partial charge >= 0.3 is 0 Å². The molecular weight excluding hydrogens is 414 g/mol. The molecule has 0 saturated carbocycles. The molecule has 2 aromatic rings. The summed E-state index contributed by atoms with van der Waals surface area (Å²) < 4.78 is 18.0. The van der Waals surface area contributed by atoms with E-state index in [1.807, 2.05) is 31.2 Å². The lowest BCUT2D eigenvalue weighted by atomic mass is 10.0. The molecule has 33 heavy (non-hydrogen) atoms. The van der Waals surface area contributed by atoms with Crippen molar-refractivity contribution >= 4 is 12.0 Å². The summed E-state index contributed by atoms with van der Waals surface area (Å²) in [6.07, 6.45) is 7.74. The molecule has 1 aromatic carbocycles. The van der Waals surface area contributed by atoms with Gasteiger partial charge in [-0.25, -0.2) is 0 Å². The first-order valence-electron chi connectivity index (χ1n) is 12.1. The summed E-state index contributed by atoms with van der Waals surface area (Å²) in [7, 11) is 0. The Morgan fingerprint density at radius 1 is 1.00 bits per heavy atom. The van der Waals surface area contributed by atoms with Gasteiger partial charge in [0.1, 0.15) is 34.2 Å². The first-order chi connectivity index (χ1) is 15.5. The molecule has 182 valence electrons. The van der Waals surface area contributed by atoms with E-state index >= 15 is 0 Å². The zero-order valence-corrected chi connectivity index (χ0v) is 21.4. The van der Waals surface area contributed by atoms with Crippen LogP contribution in [0.2, 0.25) is 0 Å². The van der Waals surface area contributed by atoms with E-state index in [-0.39, 0.29) is 17.1 Å². The molecule has 0 unspecified atom stereocenters. The number of furan rings is 1. The monoisotopic (exact) mass is 455 g/mol. The highest BCUT2D eigenvalue weighted by molar-refractivity contribution is 5.91. The quantitative estimate of drug-likeness (QED) is 0.264. The molecule has 0 fully saturated rings. The van der Waals surface area contributed by atoms with E-state index in [4.69, 9.17) is 13.9 Å². The van der Waals surface area contributed by atoms with Crippen LogP contribution in [0.15, 0.2) is 40.8 Å². The molecule has 1 aromatic heterocycles. The van der Waals surface area contributed by atoms with E-state index < -0.39 is 0 Å². The number of rotatable bonds is 13. The van der Waals surface area contributed by atoms with Crippen LogP contribution >= 0.6 is 0 Å². The van der Waals surface area contributed by atoms with Gasteiger partial charge in [0.25, 0.3) is 0 Å². The van der Waals surface area contributed by atoms with Gasteiger partial charge < -0.3 is 19.2 Å². The standard InChI is InChI=1S/C28H41NO4/c1-8-27(4,5)32-24-16-14-22(25(20-24)33-28(6,7)9-2)12-10-11-19-29-26(30)18-17-23-15-13-21(3)31-23/h13-18,20H,8-12,19H2,1-7H3,(H,29,30)/b18-17+. The predicted molar refractivity (Wildman–Crippen MR) is 135 cm³/mol. The summed E-state index contributed by atoms with van der Waals surface area (Å²) in [4.78, 5) is 12.0. The van der Waals surface area contributed by atoms with Crippen LogP contribution in [-0.2, 0) is 11.2 Å². The molecule has 0 aliphatic carbocycles. The molecule has 0 aliphatic heterocycles. The molecule has 5 heteroatoms. The zero-order chi connectivity index (χ0) is 24.5. The number of aryl methyl sites for hydroxylation is 2. The fourth-order valence-electron chi connectivity index (χ4n) is 3.07. The fraction of sp³-hybridized carbons (Fsp3) is 0.536. The zero-order valence-electron chi connectivity index (χ0n) is 21.4. The Kier molecular flexibility index (Phi) is 9.63. The third-order valence-electron chi connectivity index (χ3n) is 5.85. The van der Waals surface area contributed by atoms with Crippen LogP contribution in [0.1, 0.15) is 84.3 Å². The molecule has 1 heterocycles. The highest BCUT2D eigenvalue weighted by Gasteiger charge is 2.21. The average Bonchev–Trinajstić information content (AvgIpc) is 3.18. The summed E-state index contributed by atoms with van der Waals surface area (Å²) in [6.45, 7) is 15.2. The van der Waals surface area contributed by atoms with Gasteiger partial charge in [0.05, 0.1) is 0 Å². The maximum absolute atomic E-state index is 12.0. The Labute approximate surface area is 199 Å². The second-order valence-electron chi connectivity index (χ2n) is 9.73. The van der Waals surface area contributed by atoms with Crippen LogP contribution in [0.25, 0.3) is 6.08 Å². The molecule has 0 bridgehead atoms. The Bertz CT molecular complexity index is 924. The molecule has 1 amide bonds. The number of hydrogen-bond donors (Lipinski definition) is 1. The van der Waals surface area contributed by atoms with Crippen molar-refractivity contribution < 1.29 is 18.7 Å². The number of benzene rings is 1. The minimum absolute atomic E-state index is 0.113. The molecule has 0 radical (unpaired) electrons. The summed E-state index contributed by atoms with van der Waals surface area (Å²) in [5.74, 6) is 3.11. The maximum atomic E-state index is 12.0. The molecular formula is C28H41NO4. The molecule has 0 saturated heterocycles. The van der Waals surface area contributed by atoms with Gasteiger partial charge in [-0.05, 0) is 96.6 Å². The van der Waals surface area contributed by atoms with Crippen molar-refractivity contribution in [2.45, 2.75) is 91.8 Å². The number of amides is 1. The second-order valence-corrected chi connectivity index (χ2v) is 9.73. The van der Waals surface area contributed by atoms with E-state index in [0.29, 0.717) is 12.3 Å². The van der Waals surface area contributed by atoms with Crippen molar-refractivity contribution in [2.24, 2.45) is 0 Å². The van der Waals surface area contributed by atoms with Crippen molar-refractivity contribution in [1.82, 2.24) is 5.32 Å². The fourth-order valence-corrected chi connectivity index (χ4v) is 3.07. The third-order valence-corrected chi connectivity index (χ3v) is 5.85. The van der Waals surface area contributed by atoms with Gasteiger partial charge in [-0.3, -0.25) is 4.79 Å². The molecule has 2 rings (SSSR count). The summed E-state index contributed by atoms with van der Waals surface area (Å²) in [5, 5.41) is 2.93. The van der Waals surface area contributed by atoms with Gasteiger partial charge in [-0.2, -0.15) is 0 Å². The molecule has 5 nitrogen and oxygen atoms in total. The highest BCUT2D eigenvalue weighted by Crippen LogP contribution is 2.32. The number of nitrogens with one attached hydrogen (secondary N) is 1. The SMILES string of the molecule is CCC(C)(C)Oc1ccc(CCCCNC(=O)/C=C/c2ccc(C)o2)c(OC(C)(C)CC)c1. The van der Waals surface area contributed by atoms with Crippen LogP contribution < -0.4 is 14.8 Å². The van der Waals surface area contributed by atoms with Crippen molar-refractivity contribution in [3.05, 3.63) is 53.5 Å². The Hall–Kier alpha value is -2.69. The molecule has 0 aliphatic rings. The van der Waals surface area contributed by atoms with E-state index in [0.717, 1.165) is 54.9 Å². The highest BCUT2D eigenvalue weighted by atomic mass is 16.5. The predicted octanol–water partition coefficient (Wildman–Crippen LogP) is 6.88. The lowest BCUT2D eigenvalue weighted by Gasteiger charge is -2.29. The topological polar surface area (TPSA) is 60.7 Å². The van der Waals surface area contributed by atoms with Crippen LogP contribution in [0, 0.1) is 6.92 Å². The minimum Gasteiger partial charge on any atom is -0.488 e. The smallest absolute Gasteiger partial charge is 0.244 e. The van der Waals surface area contributed by atoms with Crippen LogP contribution in [0.4, 0.5) is 0 Å². The Morgan fingerprint density at radius 2 is 1.70 bits per heavy atom. The van der Waals surface area contributed by atoms with Crippen molar-refractivity contribution in [2.75, 3.05) is 6.54 Å². The van der Waals surface area contributed by atoms with Crippen molar-refractivity contribution in [3.63, 3.8) is 0 Å². The Balaban J connectivity index is 1.91. The lowest BCUT2D eigenvalue weighted by molar-refractivity contribution is -0.116. The van der Waals surface area contributed by atoms with Gasteiger partial charge in [0, 0.05) is 18.7 Å². The first-order valence-corrected chi connectivity index (χ1v) is 12.1. The minimum atomic E-state index is -0.250. The number of hydrogen-bond acceptors (Lipinski definition) is 4. The van der Waals surface area contributed by atoms with E-state index in [1.165, 1.54) is 6.08 Å². The van der Waals surface area contributed by atoms with Gasteiger partial charge in [-0.1, -0.05) is 19.9 Å². The molecule has 1 N–H and O–H groups in total. The number of carbonyl (C=O) groups excluding carboxylic acids is 1. The second kappa shape index (κ2) is 12.0. The van der Waals surface area contributed by atoms with Crippen molar-refractivity contribution in [1.29, 1.82) is 0 Å². The van der Waals surface area contributed by atoms with Crippen LogP contribution in [0.3, 0.4) is 0 Å². The van der Waals surface area contributed by atoms with Crippen LogP contribution in [-0.4, -0.2) is 23.7 Å². The third kappa shape index (κ3) is 9.37. The average molecular weight is 456 g/mol. The summed E-state index contributed by atoms with van der Waals surface area (Å²) in [5.41, 5.74) is 0.694. The van der Waals surface area contributed by atoms with Crippen molar-refractivity contribution in [3.8, 4) is 11.5 Å². The molecule has 0 spiro atoms. The number of ether oxygens (including phenoxy) is 2. The first kappa shape index (κ1) is 26.6. The maximum Gasteiger partial charge on any atom is 0.244 e. The van der Waals surface area contributed by atoms with Gasteiger partial charge in [-0.15, -0.1) is 0 Å². The van der Waals surface area contributed by atoms with E-state index in [2.05, 4.69) is 52.9 Å². The van der Waals surface area contributed by atoms with Gasteiger partial charge in [0.15, 0.2) is 0 Å². The largest absolute Gasteiger partial charge is 0.488 e. The van der Waals surface area contributed by atoms with E-state index in [9.17, 15) is 4.79 Å². The number of unbranched alkanes of at least 4 members (excludes halogenated alkanes) is 1. The van der Waals surface area contributed by atoms with Gasteiger partial charge in [0.2, 0.25) is 5.91 Å². The summed E-state index contributed by atoms with van der Waals surface area (Å²) in [6, 6.07) is 9.88. The normalized spacial score (nSPS) is 12.2. The lowest BCUT2D eigenvalue weighted by Crippen LogP contribution is -2.28. The van der Waals surface area contributed by atoms with Crippen LogP contribution in [0.5, 0.6) is 11.5 Å².